The molecule has 5 rings (SSSR count). The first-order valence-electron chi connectivity index (χ1n) is 11.4. The summed E-state index contributed by atoms with van der Waals surface area (Å²) in [6, 6.07) is 14.1. The molecule has 2 N–H and O–H groups in total. The Morgan fingerprint density at radius 3 is 2.62 bits per heavy atom. The Morgan fingerprint density at radius 2 is 1.84 bits per heavy atom. The van der Waals surface area contributed by atoms with Gasteiger partial charge < -0.3 is 15.5 Å². The van der Waals surface area contributed by atoms with Crippen molar-refractivity contribution in [2.75, 3.05) is 50.4 Å². The van der Waals surface area contributed by atoms with Gasteiger partial charge in [0.2, 0.25) is 5.91 Å². The fourth-order valence-electron chi connectivity index (χ4n) is 5.10. The first-order valence-corrected chi connectivity index (χ1v) is 11.4. The van der Waals surface area contributed by atoms with E-state index in [1.54, 1.807) is 6.33 Å². The lowest BCUT2D eigenvalue weighted by atomic mass is 10.0. The fourth-order valence-corrected chi connectivity index (χ4v) is 5.10. The van der Waals surface area contributed by atoms with Crippen molar-refractivity contribution in [3.63, 3.8) is 0 Å². The van der Waals surface area contributed by atoms with Crippen LogP contribution in [0.3, 0.4) is 0 Å². The van der Waals surface area contributed by atoms with Crippen molar-refractivity contribution in [2.24, 2.45) is 11.8 Å². The minimum atomic E-state index is 0.0275. The number of carbonyl (C=O) groups excluding carboxylic acids is 1. The van der Waals surface area contributed by atoms with Crippen molar-refractivity contribution in [2.45, 2.75) is 13.3 Å². The Hall–Kier alpha value is -3.03. The largest absolute Gasteiger partial charge is 0.340 e. The molecule has 2 aromatic carbocycles. The topological polar surface area (TPSA) is 73.4 Å². The number of aromatic nitrogens is 2. The maximum atomic E-state index is 12.7. The van der Waals surface area contributed by atoms with Crippen LogP contribution in [0.2, 0.25) is 0 Å². The van der Waals surface area contributed by atoms with Crippen molar-refractivity contribution in [3.05, 3.63) is 54.4 Å². The van der Waals surface area contributed by atoms with Crippen LogP contribution in [0.4, 0.5) is 17.2 Å². The van der Waals surface area contributed by atoms with Gasteiger partial charge in [0.25, 0.3) is 0 Å². The Balaban J connectivity index is 1.28. The van der Waals surface area contributed by atoms with Crippen LogP contribution < -0.4 is 10.6 Å². The van der Waals surface area contributed by atoms with E-state index in [1.165, 1.54) is 5.56 Å². The normalized spacial score (nSPS) is 21.1. The first-order chi connectivity index (χ1) is 15.6. The van der Waals surface area contributed by atoms with E-state index in [0.717, 1.165) is 60.7 Å². The summed E-state index contributed by atoms with van der Waals surface area (Å²) in [5.74, 6) is 2.16. The summed E-state index contributed by atoms with van der Waals surface area (Å²) in [5, 5.41) is 7.36. The van der Waals surface area contributed by atoms with Crippen LogP contribution in [0.15, 0.2) is 48.8 Å². The van der Waals surface area contributed by atoms with Crippen LogP contribution in [-0.4, -0.2) is 65.4 Å². The highest BCUT2D eigenvalue weighted by Crippen LogP contribution is 2.30. The van der Waals surface area contributed by atoms with Crippen LogP contribution in [0.1, 0.15) is 12.5 Å². The third-order valence-electron chi connectivity index (χ3n) is 6.63. The molecule has 2 fully saturated rings. The van der Waals surface area contributed by atoms with Gasteiger partial charge in [-0.3, -0.25) is 9.69 Å². The number of hydrogen-bond donors (Lipinski definition) is 2. The molecule has 0 saturated carbocycles. The summed E-state index contributed by atoms with van der Waals surface area (Å²) < 4.78 is 0. The number of carbonyl (C=O) groups is 1. The van der Waals surface area contributed by atoms with Crippen LogP contribution in [0.25, 0.3) is 10.9 Å². The van der Waals surface area contributed by atoms with E-state index in [4.69, 9.17) is 0 Å². The van der Waals surface area contributed by atoms with Gasteiger partial charge in [-0.05, 0) is 61.2 Å². The number of nitrogens with zero attached hydrogens (tertiary/aromatic N) is 4. The van der Waals surface area contributed by atoms with Crippen molar-refractivity contribution < 1.29 is 4.79 Å². The third kappa shape index (κ3) is 4.45. The monoisotopic (exact) mass is 430 g/mol. The molecule has 1 amide bonds. The SMILES string of the molecule is CCc1cccc(Nc2ncnc3ccc(NC(=O)CN4CC5CN(C)CC5C4)cc23)c1. The molecule has 2 aliphatic heterocycles. The van der Waals surface area contributed by atoms with Crippen molar-refractivity contribution in [1.82, 2.24) is 19.8 Å². The van der Waals surface area contributed by atoms with Gasteiger partial charge in [0.15, 0.2) is 0 Å². The lowest BCUT2D eigenvalue weighted by Gasteiger charge is -2.18. The lowest BCUT2D eigenvalue weighted by molar-refractivity contribution is -0.117. The maximum absolute atomic E-state index is 12.7. The second-order valence-electron chi connectivity index (χ2n) is 9.12. The average Bonchev–Trinajstić information content (AvgIpc) is 3.30. The van der Waals surface area contributed by atoms with Crippen LogP contribution >= 0.6 is 0 Å². The second kappa shape index (κ2) is 8.84. The van der Waals surface area contributed by atoms with Crippen molar-refractivity contribution in [1.29, 1.82) is 0 Å². The molecular formula is C25H30N6O. The zero-order valence-corrected chi connectivity index (χ0v) is 18.7. The number of hydrogen-bond acceptors (Lipinski definition) is 6. The number of likely N-dealkylation sites (tertiary alicyclic amines) is 2. The standard InChI is InChI=1S/C25H30N6O/c1-3-17-5-4-6-20(9-17)29-25-22-10-21(7-8-23(22)26-16-27-25)28-24(32)15-31-13-18-11-30(2)12-19(18)14-31/h4-10,16,18-19H,3,11-15H2,1-2H3,(H,28,32)(H,26,27,29). The lowest BCUT2D eigenvalue weighted by Crippen LogP contribution is -2.34. The predicted molar refractivity (Wildman–Crippen MR) is 128 cm³/mol. The molecule has 166 valence electrons. The van der Waals surface area contributed by atoms with Gasteiger partial charge in [0.1, 0.15) is 12.1 Å². The zero-order valence-electron chi connectivity index (χ0n) is 18.7. The molecule has 2 unspecified atom stereocenters. The van der Waals surface area contributed by atoms with E-state index < -0.39 is 0 Å². The molecule has 2 aliphatic rings. The quantitative estimate of drug-likeness (QED) is 0.625. The summed E-state index contributed by atoms with van der Waals surface area (Å²) in [6.07, 6.45) is 2.54. The fraction of sp³-hybridized carbons (Fsp3) is 0.400. The number of amides is 1. The van der Waals surface area contributed by atoms with Crippen LogP contribution in [0, 0.1) is 11.8 Å². The Bertz CT molecular complexity index is 1120. The van der Waals surface area contributed by atoms with Gasteiger partial charge in [-0.25, -0.2) is 9.97 Å². The highest BCUT2D eigenvalue weighted by molar-refractivity contribution is 5.97. The molecular weight excluding hydrogens is 400 g/mol. The van der Waals surface area contributed by atoms with Gasteiger partial charge in [-0.1, -0.05) is 19.1 Å². The predicted octanol–water partition coefficient (Wildman–Crippen LogP) is 3.37. The number of fused-ring (bicyclic) bond motifs is 2. The van der Waals surface area contributed by atoms with E-state index in [-0.39, 0.29) is 5.91 Å². The molecule has 0 aliphatic carbocycles. The molecule has 3 aromatic rings. The summed E-state index contributed by atoms with van der Waals surface area (Å²) in [5.41, 5.74) is 3.86. The van der Waals surface area contributed by atoms with Gasteiger partial charge in [-0.2, -0.15) is 0 Å². The minimum absolute atomic E-state index is 0.0275. The van der Waals surface area contributed by atoms with Gasteiger partial charge in [-0.15, -0.1) is 0 Å². The summed E-state index contributed by atoms with van der Waals surface area (Å²) in [7, 11) is 2.18. The molecule has 0 radical (unpaired) electrons. The first kappa shape index (κ1) is 20.8. The van der Waals surface area contributed by atoms with E-state index >= 15 is 0 Å². The molecule has 0 spiro atoms. The van der Waals surface area contributed by atoms with Gasteiger partial charge >= 0.3 is 0 Å². The Kier molecular flexibility index (Phi) is 5.76. The number of rotatable bonds is 6. The number of anilines is 3. The van der Waals surface area contributed by atoms with Gasteiger partial charge in [0, 0.05) is 42.9 Å². The molecule has 1 aromatic heterocycles. The molecule has 32 heavy (non-hydrogen) atoms. The second-order valence-corrected chi connectivity index (χ2v) is 9.12. The number of aryl methyl sites for hydroxylation is 1. The average molecular weight is 431 g/mol. The third-order valence-corrected chi connectivity index (χ3v) is 6.63. The summed E-state index contributed by atoms with van der Waals surface area (Å²) in [6.45, 7) is 6.89. The Labute approximate surface area is 188 Å². The highest BCUT2D eigenvalue weighted by Gasteiger charge is 2.38. The minimum Gasteiger partial charge on any atom is -0.340 e. The van der Waals surface area contributed by atoms with Crippen LogP contribution in [-0.2, 0) is 11.2 Å². The zero-order chi connectivity index (χ0) is 22.1. The molecule has 2 saturated heterocycles. The Morgan fingerprint density at radius 1 is 1.03 bits per heavy atom. The smallest absolute Gasteiger partial charge is 0.238 e. The van der Waals surface area contributed by atoms with E-state index in [9.17, 15) is 4.79 Å². The van der Waals surface area contributed by atoms with E-state index in [1.807, 2.05) is 30.3 Å². The highest BCUT2D eigenvalue weighted by atomic mass is 16.2. The van der Waals surface area contributed by atoms with Crippen molar-refractivity contribution in [3.8, 4) is 0 Å². The molecule has 0 bridgehead atoms. The summed E-state index contributed by atoms with van der Waals surface area (Å²) >= 11 is 0. The number of nitrogens with one attached hydrogen (secondary N) is 2. The summed E-state index contributed by atoms with van der Waals surface area (Å²) in [4.78, 5) is 26.2. The number of benzene rings is 2. The molecule has 3 heterocycles. The van der Waals surface area contributed by atoms with Gasteiger partial charge in [0.05, 0.1) is 12.1 Å². The van der Waals surface area contributed by atoms with E-state index in [2.05, 4.69) is 56.5 Å². The maximum Gasteiger partial charge on any atom is 0.238 e. The van der Waals surface area contributed by atoms with Crippen molar-refractivity contribution >= 4 is 34.0 Å². The molecule has 7 nitrogen and oxygen atoms in total. The molecule has 7 heteroatoms. The molecule has 2 atom stereocenters. The van der Waals surface area contributed by atoms with Crippen LogP contribution in [0.5, 0.6) is 0 Å². The van der Waals surface area contributed by atoms with E-state index in [0.29, 0.717) is 18.4 Å².